The minimum atomic E-state index is -5.07. The average molecular weight is 697 g/mol. The second kappa shape index (κ2) is 16.0. The number of benzene rings is 2. The Balaban J connectivity index is 0.00000337. The second-order valence-electron chi connectivity index (χ2n) is 10.5. The van der Waals surface area contributed by atoms with Gasteiger partial charge in [-0.05, 0) is 42.3 Å². The van der Waals surface area contributed by atoms with E-state index in [9.17, 15) is 36.2 Å². The Labute approximate surface area is 268 Å². The van der Waals surface area contributed by atoms with Crippen LogP contribution in [0, 0.1) is 0 Å². The number of methoxy groups -OCH3 is 1. The number of alkyl halides is 6. The molecule has 248 valence electrons. The molecule has 0 unspecified atom stereocenters. The van der Waals surface area contributed by atoms with Crippen LogP contribution in [-0.2, 0) is 28.2 Å². The van der Waals surface area contributed by atoms with Gasteiger partial charge in [-0.15, -0.1) is 24.8 Å². The van der Waals surface area contributed by atoms with E-state index in [1.807, 2.05) is 0 Å². The third-order valence-electron chi connectivity index (χ3n) is 7.45. The van der Waals surface area contributed by atoms with E-state index in [4.69, 9.17) is 21.1 Å². The predicted molar refractivity (Wildman–Crippen MR) is 157 cm³/mol. The molecule has 16 heteroatoms. The summed E-state index contributed by atoms with van der Waals surface area (Å²) in [6.45, 7) is 4.60. The molecule has 2 aliphatic rings. The summed E-state index contributed by atoms with van der Waals surface area (Å²) in [4.78, 5) is 19.2. The molecule has 0 aromatic heterocycles. The molecule has 4 rings (SSSR count). The molecular formula is C28H34Cl3F6N3O4. The molecule has 0 aliphatic carbocycles. The maximum absolute atomic E-state index is 13.6. The summed E-state index contributed by atoms with van der Waals surface area (Å²) in [7, 11) is 1.60. The largest absolute Gasteiger partial charge is 0.506 e. The summed E-state index contributed by atoms with van der Waals surface area (Å²) in [6.07, 6.45) is -9.99. The van der Waals surface area contributed by atoms with E-state index in [1.165, 1.54) is 17.0 Å². The molecule has 1 amide bonds. The number of hydrogen-bond donors (Lipinski definition) is 1. The summed E-state index contributed by atoms with van der Waals surface area (Å²) >= 11 is 5.93. The van der Waals surface area contributed by atoms with E-state index in [0.717, 1.165) is 6.54 Å². The molecule has 0 spiro atoms. The van der Waals surface area contributed by atoms with Crippen LogP contribution < -0.4 is 0 Å². The summed E-state index contributed by atoms with van der Waals surface area (Å²) < 4.78 is 91.8. The number of phenols is 1. The number of halogens is 9. The zero-order valence-corrected chi connectivity index (χ0v) is 26.1. The van der Waals surface area contributed by atoms with Crippen molar-refractivity contribution >= 4 is 42.3 Å². The Morgan fingerprint density at radius 1 is 0.955 bits per heavy atom. The molecule has 1 N–H and O–H groups in total. The van der Waals surface area contributed by atoms with Crippen LogP contribution in [0.1, 0.15) is 27.0 Å². The number of rotatable bonds is 8. The highest BCUT2D eigenvalue weighted by molar-refractivity contribution is 6.32. The molecule has 2 aliphatic heterocycles. The fourth-order valence-electron chi connectivity index (χ4n) is 5.32. The van der Waals surface area contributed by atoms with Gasteiger partial charge in [0, 0.05) is 64.5 Å². The highest BCUT2D eigenvalue weighted by atomic mass is 35.5. The topological polar surface area (TPSA) is 65.5 Å². The molecule has 0 radical (unpaired) electrons. The van der Waals surface area contributed by atoms with Crippen LogP contribution in [0.15, 0.2) is 36.4 Å². The number of ether oxygens (including phenoxy) is 2. The van der Waals surface area contributed by atoms with Crippen molar-refractivity contribution in [1.29, 1.82) is 0 Å². The van der Waals surface area contributed by atoms with Gasteiger partial charge in [0.2, 0.25) is 0 Å². The third-order valence-corrected chi connectivity index (χ3v) is 7.77. The zero-order valence-electron chi connectivity index (χ0n) is 23.7. The smallest absolute Gasteiger partial charge is 0.416 e. The number of phenolic OH excluding ortho intramolecular Hbond substituents is 1. The van der Waals surface area contributed by atoms with Gasteiger partial charge in [-0.2, -0.15) is 26.3 Å². The highest BCUT2D eigenvalue weighted by Crippen LogP contribution is 2.37. The Morgan fingerprint density at radius 2 is 1.57 bits per heavy atom. The second-order valence-corrected chi connectivity index (χ2v) is 10.9. The van der Waals surface area contributed by atoms with Gasteiger partial charge < -0.3 is 19.5 Å². The van der Waals surface area contributed by atoms with E-state index in [2.05, 4.69) is 9.80 Å². The SMILES string of the molecule is COC[C@@H]1CN(CCN2CCN(C(=O)c3cc(C(F)(F)F)cc(C(F)(F)F)c3)[C@H](Cc3ccc(Cl)c(O)c3)C2)CCO1.Cl.Cl. The minimum Gasteiger partial charge on any atom is -0.506 e. The van der Waals surface area contributed by atoms with Crippen molar-refractivity contribution in [1.82, 2.24) is 14.7 Å². The Bertz CT molecular complexity index is 1220. The van der Waals surface area contributed by atoms with Crippen LogP contribution in [0.25, 0.3) is 0 Å². The normalized spacial score (nSPS) is 20.1. The molecule has 0 saturated carbocycles. The van der Waals surface area contributed by atoms with Gasteiger partial charge in [0.25, 0.3) is 5.91 Å². The molecular weight excluding hydrogens is 663 g/mol. The van der Waals surface area contributed by atoms with Crippen LogP contribution >= 0.6 is 36.4 Å². The first kappa shape index (κ1) is 38.2. The number of hydrogen-bond acceptors (Lipinski definition) is 6. The van der Waals surface area contributed by atoms with Crippen molar-refractivity contribution in [3.63, 3.8) is 0 Å². The van der Waals surface area contributed by atoms with E-state index in [-0.39, 0.29) is 60.7 Å². The fraction of sp³-hybridized carbons (Fsp3) is 0.536. The zero-order chi connectivity index (χ0) is 30.7. The van der Waals surface area contributed by atoms with E-state index in [1.54, 1.807) is 13.2 Å². The minimum absolute atomic E-state index is 0. The summed E-state index contributed by atoms with van der Waals surface area (Å²) in [5, 5.41) is 10.2. The maximum atomic E-state index is 13.6. The van der Waals surface area contributed by atoms with Gasteiger partial charge in [-0.25, -0.2) is 0 Å². The van der Waals surface area contributed by atoms with Crippen molar-refractivity contribution in [2.24, 2.45) is 0 Å². The summed E-state index contributed by atoms with van der Waals surface area (Å²) in [5.41, 5.74) is -3.17. The average Bonchev–Trinajstić information content (AvgIpc) is 2.93. The number of aromatic hydroxyl groups is 1. The van der Waals surface area contributed by atoms with Crippen LogP contribution in [0.2, 0.25) is 5.02 Å². The van der Waals surface area contributed by atoms with E-state index in [0.29, 0.717) is 63.6 Å². The van der Waals surface area contributed by atoms with Crippen LogP contribution in [0.4, 0.5) is 26.3 Å². The molecule has 2 heterocycles. The lowest BCUT2D eigenvalue weighted by molar-refractivity contribution is -0.143. The first-order valence-corrected chi connectivity index (χ1v) is 13.8. The van der Waals surface area contributed by atoms with Crippen molar-refractivity contribution in [3.05, 3.63) is 63.7 Å². The molecule has 0 bridgehead atoms. The molecule has 2 aromatic carbocycles. The number of morpholine rings is 1. The fourth-order valence-corrected chi connectivity index (χ4v) is 5.44. The lowest BCUT2D eigenvalue weighted by Crippen LogP contribution is -2.57. The summed E-state index contributed by atoms with van der Waals surface area (Å²) in [5.74, 6) is -1.10. The Kier molecular flexibility index (Phi) is 13.9. The van der Waals surface area contributed by atoms with Crippen LogP contribution in [0.5, 0.6) is 5.75 Å². The van der Waals surface area contributed by atoms with Crippen molar-refractivity contribution in [2.45, 2.75) is 30.9 Å². The number of carbonyl (C=O) groups excluding carboxylic acids is 1. The first-order valence-electron chi connectivity index (χ1n) is 13.4. The molecule has 2 saturated heterocycles. The van der Waals surface area contributed by atoms with Crippen LogP contribution in [0.3, 0.4) is 0 Å². The quantitative estimate of drug-likeness (QED) is 0.361. The molecule has 44 heavy (non-hydrogen) atoms. The van der Waals surface area contributed by atoms with Crippen molar-refractivity contribution < 1.29 is 45.7 Å². The van der Waals surface area contributed by atoms with Gasteiger partial charge in [0.05, 0.1) is 35.5 Å². The summed E-state index contributed by atoms with van der Waals surface area (Å²) in [6, 6.07) is 4.90. The third kappa shape index (κ3) is 10.0. The number of piperazine rings is 1. The van der Waals surface area contributed by atoms with Gasteiger partial charge in [-0.1, -0.05) is 17.7 Å². The Hall–Kier alpha value is -2.00. The predicted octanol–water partition coefficient (Wildman–Crippen LogP) is 5.64. The highest BCUT2D eigenvalue weighted by Gasteiger charge is 2.39. The number of nitrogens with zero attached hydrogens (tertiary/aromatic N) is 3. The maximum Gasteiger partial charge on any atom is 0.416 e. The standard InChI is InChI=1S/C28H32ClF6N3O4.2ClH/c1-41-17-23-16-37(8-9-42-23)5-4-36-6-7-38(22(15-36)10-18-2-3-24(29)25(39)11-18)26(40)19-12-20(27(30,31)32)14-21(13-19)28(33,34)35;;/h2-3,11-14,22-23,39H,4-10,15-17H2,1H3;2*1H/t22-,23+;;/m1../s1. The van der Waals surface area contributed by atoms with Gasteiger partial charge in [-0.3, -0.25) is 14.6 Å². The molecule has 2 atom stereocenters. The number of amides is 1. The van der Waals surface area contributed by atoms with Crippen molar-refractivity contribution in [3.8, 4) is 5.75 Å². The van der Waals surface area contributed by atoms with Gasteiger partial charge in [0.15, 0.2) is 0 Å². The number of carbonyl (C=O) groups is 1. The monoisotopic (exact) mass is 695 g/mol. The first-order chi connectivity index (χ1) is 19.7. The molecule has 2 fully saturated rings. The van der Waals surface area contributed by atoms with E-state index < -0.39 is 41.0 Å². The van der Waals surface area contributed by atoms with Crippen molar-refractivity contribution in [2.75, 3.05) is 66.1 Å². The lowest BCUT2D eigenvalue weighted by atomic mass is 9.99. The van der Waals surface area contributed by atoms with E-state index >= 15 is 0 Å². The van der Waals surface area contributed by atoms with Gasteiger partial charge in [0.1, 0.15) is 5.75 Å². The Morgan fingerprint density at radius 3 is 2.14 bits per heavy atom. The lowest BCUT2D eigenvalue weighted by Gasteiger charge is -2.43. The van der Waals surface area contributed by atoms with Gasteiger partial charge >= 0.3 is 12.4 Å². The van der Waals surface area contributed by atoms with Crippen LogP contribution in [-0.4, -0.2) is 104 Å². The molecule has 7 nitrogen and oxygen atoms in total. The molecule has 2 aromatic rings.